The normalized spacial score (nSPS) is 16.8. The highest BCUT2D eigenvalue weighted by Crippen LogP contribution is 2.39. The van der Waals surface area contributed by atoms with Gasteiger partial charge in [0.25, 0.3) is 5.91 Å². The summed E-state index contributed by atoms with van der Waals surface area (Å²) in [6, 6.07) is 2.48. The maximum atomic E-state index is 11.8. The SMILES string of the molecule is CCOc1cc(C=N/N=C2/NC(=O)/C(=C\C(=O)OC)S2)cc([N+](=O)[O-])c1OC(C)C(=O)O. The van der Waals surface area contributed by atoms with Crippen LogP contribution in [0.15, 0.2) is 33.3 Å². The number of hydrogen-bond acceptors (Lipinski definition) is 11. The minimum Gasteiger partial charge on any atom is -0.490 e. The molecule has 1 unspecified atom stereocenters. The summed E-state index contributed by atoms with van der Waals surface area (Å²) in [5.74, 6) is -2.94. The van der Waals surface area contributed by atoms with Gasteiger partial charge >= 0.3 is 17.6 Å². The molecule has 0 spiro atoms. The summed E-state index contributed by atoms with van der Waals surface area (Å²) in [4.78, 5) is 44.9. The first-order valence-corrected chi connectivity index (χ1v) is 9.72. The lowest BCUT2D eigenvalue weighted by Gasteiger charge is -2.15. The molecule has 0 aliphatic carbocycles. The van der Waals surface area contributed by atoms with Crippen LogP contribution in [0, 0.1) is 10.1 Å². The number of nitro groups is 1. The highest BCUT2D eigenvalue weighted by Gasteiger charge is 2.27. The smallest absolute Gasteiger partial charge is 0.344 e. The van der Waals surface area contributed by atoms with E-state index in [1.807, 2.05) is 0 Å². The summed E-state index contributed by atoms with van der Waals surface area (Å²) in [5.41, 5.74) is -0.315. The molecule has 2 N–H and O–H groups in total. The van der Waals surface area contributed by atoms with Gasteiger partial charge in [-0.1, -0.05) is 0 Å². The van der Waals surface area contributed by atoms with Crippen LogP contribution in [-0.4, -0.2) is 59.1 Å². The number of nitro benzene ring substituents is 1. The first-order chi connectivity index (χ1) is 15.2. The van der Waals surface area contributed by atoms with E-state index in [9.17, 15) is 24.5 Å². The van der Waals surface area contributed by atoms with E-state index in [1.54, 1.807) is 6.92 Å². The van der Waals surface area contributed by atoms with Gasteiger partial charge in [0, 0.05) is 17.7 Å². The molecule has 13 nitrogen and oxygen atoms in total. The minimum absolute atomic E-state index is 0.0456. The van der Waals surface area contributed by atoms with Crippen molar-refractivity contribution in [2.24, 2.45) is 10.2 Å². The highest BCUT2D eigenvalue weighted by atomic mass is 32.2. The molecule has 14 heteroatoms. The van der Waals surface area contributed by atoms with Crippen molar-refractivity contribution in [3.05, 3.63) is 38.8 Å². The number of benzene rings is 1. The number of carbonyl (C=O) groups is 3. The Balaban J connectivity index is 2.33. The number of methoxy groups -OCH3 is 1. The Morgan fingerprint density at radius 1 is 1.41 bits per heavy atom. The molecule has 170 valence electrons. The maximum Gasteiger partial charge on any atom is 0.344 e. The number of esters is 1. The first-order valence-electron chi connectivity index (χ1n) is 8.90. The molecule has 1 saturated heterocycles. The standard InChI is InChI=1S/C18H18N4O9S/c1-4-30-12-6-10(5-11(22(27)28)15(12)31-9(2)17(25)26)8-19-21-18-20-16(24)13(32-18)7-14(23)29-3/h5-9H,4H2,1-3H3,(H,25,26)(H,20,21,24)/b13-7+,19-8?. The number of ether oxygens (including phenoxy) is 3. The molecule has 1 amide bonds. The third-order valence-electron chi connectivity index (χ3n) is 3.65. The number of carboxylic acid groups (broad SMARTS) is 1. The highest BCUT2D eigenvalue weighted by molar-refractivity contribution is 8.18. The average molecular weight is 466 g/mol. The first kappa shape index (κ1) is 24.3. The predicted octanol–water partition coefficient (Wildman–Crippen LogP) is 1.46. The Bertz CT molecular complexity index is 1040. The van der Waals surface area contributed by atoms with Crippen LogP contribution in [-0.2, 0) is 19.1 Å². The van der Waals surface area contributed by atoms with Gasteiger partial charge in [-0.15, -0.1) is 5.10 Å². The summed E-state index contributed by atoms with van der Waals surface area (Å²) < 4.78 is 15.1. The van der Waals surface area contributed by atoms with E-state index in [4.69, 9.17) is 14.6 Å². The lowest BCUT2D eigenvalue weighted by atomic mass is 10.1. The van der Waals surface area contributed by atoms with Crippen molar-refractivity contribution in [2.45, 2.75) is 20.0 Å². The van der Waals surface area contributed by atoms with Gasteiger partial charge in [-0.2, -0.15) is 5.10 Å². The second kappa shape index (κ2) is 10.9. The van der Waals surface area contributed by atoms with E-state index in [1.165, 1.54) is 26.3 Å². The molecule has 0 radical (unpaired) electrons. The second-order valence-corrected chi connectivity index (χ2v) is 6.92. The van der Waals surface area contributed by atoms with E-state index in [-0.39, 0.29) is 33.7 Å². The van der Waals surface area contributed by atoms with E-state index in [0.29, 0.717) is 0 Å². The molecule has 32 heavy (non-hydrogen) atoms. The zero-order valence-electron chi connectivity index (χ0n) is 17.1. The molecule has 0 bridgehead atoms. The Labute approximate surface area is 185 Å². The summed E-state index contributed by atoms with van der Waals surface area (Å²) >= 11 is 0.856. The maximum absolute atomic E-state index is 11.8. The third kappa shape index (κ3) is 6.28. The van der Waals surface area contributed by atoms with Crippen LogP contribution < -0.4 is 14.8 Å². The van der Waals surface area contributed by atoms with Gasteiger partial charge < -0.3 is 19.3 Å². The van der Waals surface area contributed by atoms with Crippen LogP contribution in [0.5, 0.6) is 11.5 Å². The van der Waals surface area contributed by atoms with Gasteiger partial charge in [-0.25, -0.2) is 9.59 Å². The van der Waals surface area contributed by atoms with Crippen molar-refractivity contribution in [1.29, 1.82) is 0 Å². The van der Waals surface area contributed by atoms with Crippen molar-refractivity contribution in [2.75, 3.05) is 13.7 Å². The molecule has 2 rings (SSSR count). The summed E-state index contributed by atoms with van der Waals surface area (Å²) in [7, 11) is 1.17. The van der Waals surface area contributed by atoms with Crippen LogP contribution >= 0.6 is 11.8 Å². The quantitative estimate of drug-likeness (QED) is 0.178. The van der Waals surface area contributed by atoms with Crippen molar-refractivity contribution < 1.29 is 38.6 Å². The molecule has 0 aromatic heterocycles. The third-order valence-corrected chi connectivity index (χ3v) is 4.55. The van der Waals surface area contributed by atoms with Gasteiger partial charge in [-0.05, 0) is 31.7 Å². The fourth-order valence-corrected chi connectivity index (χ4v) is 2.95. The molecule has 1 aliphatic rings. The summed E-state index contributed by atoms with van der Waals surface area (Å²) in [6.07, 6.45) is 0.816. The number of nitrogens with one attached hydrogen (secondary N) is 1. The van der Waals surface area contributed by atoms with Gasteiger partial charge in [0.2, 0.25) is 5.75 Å². The number of amidine groups is 1. The molecular formula is C18H18N4O9S. The van der Waals surface area contributed by atoms with Gasteiger partial charge in [0.05, 0.1) is 29.8 Å². The monoisotopic (exact) mass is 466 g/mol. The Morgan fingerprint density at radius 3 is 2.72 bits per heavy atom. The fourth-order valence-electron chi connectivity index (χ4n) is 2.22. The number of carbonyl (C=O) groups excluding carboxylic acids is 2. The second-order valence-electron chi connectivity index (χ2n) is 5.89. The number of carboxylic acids is 1. The molecule has 0 saturated carbocycles. The molecule has 1 fully saturated rings. The van der Waals surface area contributed by atoms with Crippen molar-refractivity contribution >= 4 is 46.7 Å². The largest absolute Gasteiger partial charge is 0.490 e. The summed E-state index contributed by atoms with van der Waals surface area (Å²) in [6.45, 7) is 3.00. The molecular weight excluding hydrogens is 448 g/mol. The van der Waals surface area contributed by atoms with Crippen LogP contribution in [0.3, 0.4) is 0 Å². The van der Waals surface area contributed by atoms with E-state index in [0.717, 1.165) is 23.9 Å². The van der Waals surface area contributed by atoms with E-state index in [2.05, 4.69) is 20.3 Å². The van der Waals surface area contributed by atoms with E-state index < -0.39 is 34.6 Å². The van der Waals surface area contributed by atoms with E-state index >= 15 is 0 Å². The number of rotatable bonds is 9. The van der Waals surface area contributed by atoms with Crippen LogP contribution in [0.2, 0.25) is 0 Å². The Morgan fingerprint density at radius 2 is 2.12 bits per heavy atom. The lowest BCUT2D eigenvalue weighted by Crippen LogP contribution is -2.23. The molecule has 1 heterocycles. The van der Waals surface area contributed by atoms with Crippen LogP contribution in [0.1, 0.15) is 19.4 Å². The topological polar surface area (TPSA) is 179 Å². The molecule has 1 atom stereocenters. The number of aliphatic carboxylic acids is 1. The predicted molar refractivity (Wildman–Crippen MR) is 113 cm³/mol. The number of thioether (sulfide) groups is 1. The summed E-state index contributed by atoms with van der Waals surface area (Å²) in [5, 5.41) is 30.6. The minimum atomic E-state index is -1.35. The van der Waals surface area contributed by atoms with Gasteiger partial charge in [0.1, 0.15) is 0 Å². The number of amides is 1. The number of hydrogen-bond donors (Lipinski definition) is 2. The van der Waals surface area contributed by atoms with Crippen molar-refractivity contribution in [3.8, 4) is 11.5 Å². The zero-order chi connectivity index (χ0) is 23.8. The lowest BCUT2D eigenvalue weighted by molar-refractivity contribution is -0.386. The Hall–Kier alpha value is -3.94. The van der Waals surface area contributed by atoms with Crippen molar-refractivity contribution in [3.63, 3.8) is 0 Å². The molecule has 1 aromatic rings. The zero-order valence-corrected chi connectivity index (χ0v) is 17.9. The van der Waals surface area contributed by atoms with Crippen molar-refractivity contribution in [1.82, 2.24) is 5.32 Å². The van der Waals surface area contributed by atoms with Gasteiger partial charge in [0.15, 0.2) is 17.0 Å². The van der Waals surface area contributed by atoms with Gasteiger partial charge in [-0.3, -0.25) is 20.2 Å². The average Bonchev–Trinajstić information content (AvgIpc) is 3.08. The number of nitrogens with zero attached hydrogens (tertiary/aromatic N) is 3. The Kier molecular flexibility index (Phi) is 8.29. The molecule has 1 aromatic carbocycles. The van der Waals surface area contributed by atoms with Crippen LogP contribution in [0.25, 0.3) is 0 Å². The van der Waals surface area contributed by atoms with Crippen LogP contribution in [0.4, 0.5) is 5.69 Å². The molecule has 1 aliphatic heterocycles. The fraction of sp³-hybridized carbons (Fsp3) is 0.278.